The summed E-state index contributed by atoms with van der Waals surface area (Å²) in [5.74, 6) is 2.78. The van der Waals surface area contributed by atoms with Crippen LogP contribution in [0.3, 0.4) is 0 Å². The van der Waals surface area contributed by atoms with Gasteiger partial charge in [-0.3, -0.25) is 4.79 Å². The molecule has 1 unspecified atom stereocenters. The number of nitrogens with zero attached hydrogens (tertiary/aromatic N) is 5. The Hall–Kier alpha value is -3.50. The number of aryl methyl sites for hydroxylation is 2. The average Bonchev–Trinajstić information content (AvgIpc) is 3.20. The van der Waals surface area contributed by atoms with Crippen molar-refractivity contribution >= 4 is 11.7 Å². The van der Waals surface area contributed by atoms with E-state index >= 15 is 0 Å². The number of amides is 1. The highest BCUT2D eigenvalue weighted by Crippen LogP contribution is 2.35. The second kappa shape index (κ2) is 11.3. The minimum atomic E-state index is -0.613. The molecule has 0 radical (unpaired) electrons. The molecule has 2 atom stereocenters. The fraction of sp³-hybridized carbons (Fsp3) is 0.481. The molecule has 0 saturated carbocycles. The molecule has 1 aliphatic heterocycles. The van der Waals surface area contributed by atoms with Crippen molar-refractivity contribution in [1.29, 1.82) is 0 Å². The van der Waals surface area contributed by atoms with E-state index in [1.807, 2.05) is 49.9 Å². The summed E-state index contributed by atoms with van der Waals surface area (Å²) in [6.07, 6.45) is -0.613. The minimum Gasteiger partial charge on any atom is -0.491 e. The number of ether oxygens (including phenoxy) is 1. The van der Waals surface area contributed by atoms with E-state index in [9.17, 15) is 9.90 Å². The van der Waals surface area contributed by atoms with Crippen LogP contribution in [0.1, 0.15) is 30.9 Å². The molecule has 198 valence electrons. The Morgan fingerprint density at radius 3 is 2.70 bits per heavy atom. The highest BCUT2D eigenvalue weighted by molar-refractivity contribution is 5.76. The van der Waals surface area contributed by atoms with E-state index in [2.05, 4.69) is 22.3 Å². The Morgan fingerprint density at radius 2 is 2.05 bits per heavy atom. The first-order valence-electron chi connectivity index (χ1n) is 12.6. The second-order valence-corrected chi connectivity index (χ2v) is 9.60. The standard InChI is InChI=1S/C27H36N6O4/c1-16-14-32(10-11-33(16)20(5)34)27-17(2)25(24-18(3)31-37-19(24)4)29-26(30-27)21-8-7-9-23(12-21)36-15-22(35)13-28-6/h7-9,12,16,22,28,35H,10-11,13-15H2,1-6H3/t16-,22?/m0/s1. The van der Waals surface area contributed by atoms with E-state index in [1.165, 1.54) is 0 Å². The predicted octanol–water partition coefficient (Wildman–Crippen LogP) is 2.74. The predicted molar refractivity (Wildman–Crippen MR) is 142 cm³/mol. The van der Waals surface area contributed by atoms with Gasteiger partial charge in [-0.15, -0.1) is 0 Å². The lowest BCUT2D eigenvalue weighted by Crippen LogP contribution is -2.53. The van der Waals surface area contributed by atoms with Crippen LogP contribution in [-0.2, 0) is 4.79 Å². The number of rotatable bonds is 8. The summed E-state index contributed by atoms with van der Waals surface area (Å²) in [7, 11) is 1.79. The van der Waals surface area contributed by atoms with Crippen LogP contribution in [0, 0.1) is 20.8 Å². The van der Waals surface area contributed by atoms with Gasteiger partial charge in [-0.2, -0.15) is 0 Å². The van der Waals surface area contributed by atoms with Crippen LogP contribution < -0.4 is 15.0 Å². The fourth-order valence-corrected chi connectivity index (χ4v) is 4.84. The van der Waals surface area contributed by atoms with E-state index in [0.29, 0.717) is 43.5 Å². The molecule has 10 nitrogen and oxygen atoms in total. The molecule has 3 aromatic rings. The maximum Gasteiger partial charge on any atom is 0.219 e. The Balaban J connectivity index is 1.75. The highest BCUT2D eigenvalue weighted by atomic mass is 16.5. The van der Waals surface area contributed by atoms with Crippen molar-refractivity contribution in [1.82, 2.24) is 25.3 Å². The second-order valence-electron chi connectivity index (χ2n) is 9.60. The smallest absolute Gasteiger partial charge is 0.219 e. The summed E-state index contributed by atoms with van der Waals surface area (Å²) in [6, 6.07) is 7.63. The molecule has 0 spiro atoms. The van der Waals surface area contributed by atoms with Gasteiger partial charge in [-0.1, -0.05) is 17.3 Å². The SMILES string of the molecule is CNCC(O)COc1cccc(-c2nc(-c3c(C)noc3C)c(C)c(N3CCN(C(C)=O)[C@@H](C)C3)n2)c1. The number of hydrogen-bond donors (Lipinski definition) is 2. The van der Waals surface area contributed by atoms with Crippen LogP contribution >= 0.6 is 0 Å². The first-order valence-corrected chi connectivity index (χ1v) is 12.6. The van der Waals surface area contributed by atoms with E-state index in [4.69, 9.17) is 19.2 Å². The number of nitrogens with one attached hydrogen (secondary N) is 1. The number of anilines is 1. The Kier molecular flexibility index (Phi) is 8.09. The number of aliphatic hydroxyl groups excluding tert-OH is 1. The number of benzene rings is 1. The van der Waals surface area contributed by atoms with Gasteiger partial charge in [0.1, 0.15) is 30.0 Å². The maximum absolute atomic E-state index is 12.0. The Bertz CT molecular complexity index is 1240. The third-order valence-corrected chi connectivity index (χ3v) is 6.70. The van der Waals surface area contributed by atoms with Gasteiger partial charge in [0.25, 0.3) is 0 Å². The highest BCUT2D eigenvalue weighted by Gasteiger charge is 2.29. The molecule has 10 heteroatoms. The van der Waals surface area contributed by atoms with Gasteiger partial charge < -0.3 is 29.5 Å². The molecule has 37 heavy (non-hydrogen) atoms. The molecule has 0 bridgehead atoms. The van der Waals surface area contributed by atoms with Gasteiger partial charge in [-0.05, 0) is 46.9 Å². The number of hydrogen-bond acceptors (Lipinski definition) is 9. The molecule has 2 aromatic heterocycles. The molecule has 1 amide bonds. The van der Waals surface area contributed by atoms with E-state index in [1.54, 1.807) is 14.0 Å². The molecular weight excluding hydrogens is 472 g/mol. The van der Waals surface area contributed by atoms with Crippen LogP contribution in [0.25, 0.3) is 22.6 Å². The van der Waals surface area contributed by atoms with E-state index < -0.39 is 6.10 Å². The van der Waals surface area contributed by atoms with Crippen molar-refractivity contribution in [2.45, 2.75) is 46.8 Å². The lowest BCUT2D eigenvalue weighted by molar-refractivity contribution is -0.131. The summed E-state index contributed by atoms with van der Waals surface area (Å²) in [6.45, 7) is 12.1. The molecular formula is C27H36N6O4. The van der Waals surface area contributed by atoms with Gasteiger partial charge in [0.2, 0.25) is 5.91 Å². The lowest BCUT2D eigenvalue weighted by atomic mass is 10.0. The lowest BCUT2D eigenvalue weighted by Gasteiger charge is -2.40. The topological polar surface area (TPSA) is 117 Å². The number of likely N-dealkylation sites (N-methyl/N-ethyl adjacent to an activating group) is 1. The number of carbonyl (C=O) groups excluding carboxylic acids is 1. The van der Waals surface area contributed by atoms with Gasteiger partial charge in [0.15, 0.2) is 5.82 Å². The summed E-state index contributed by atoms with van der Waals surface area (Å²) in [5.41, 5.74) is 4.13. The van der Waals surface area contributed by atoms with Crippen LogP contribution in [0.2, 0.25) is 0 Å². The molecule has 4 rings (SSSR count). The quantitative estimate of drug-likeness (QED) is 0.474. The largest absolute Gasteiger partial charge is 0.491 e. The summed E-state index contributed by atoms with van der Waals surface area (Å²) in [5, 5.41) is 17.1. The molecule has 1 saturated heterocycles. The number of carbonyl (C=O) groups is 1. The first kappa shape index (κ1) is 26.6. The maximum atomic E-state index is 12.0. The summed E-state index contributed by atoms with van der Waals surface area (Å²) < 4.78 is 11.3. The molecule has 0 aliphatic carbocycles. The molecule has 1 fully saturated rings. The Labute approximate surface area is 217 Å². The number of aromatic nitrogens is 3. The number of aliphatic hydroxyl groups is 1. The normalized spacial score (nSPS) is 16.7. The molecule has 2 N–H and O–H groups in total. The van der Waals surface area contributed by atoms with Crippen molar-refractivity contribution in [3.63, 3.8) is 0 Å². The third-order valence-electron chi connectivity index (χ3n) is 6.70. The van der Waals surface area contributed by atoms with E-state index in [-0.39, 0.29) is 18.6 Å². The van der Waals surface area contributed by atoms with E-state index in [0.717, 1.165) is 33.9 Å². The van der Waals surface area contributed by atoms with Crippen LogP contribution in [0.4, 0.5) is 5.82 Å². The third kappa shape index (κ3) is 5.75. The zero-order valence-electron chi connectivity index (χ0n) is 22.4. The summed E-state index contributed by atoms with van der Waals surface area (Å²) in [4.78, 5) is 26.1. The minimum absolute atomic E-state index is 0.0624. The monoisotopic (exact) mass is 508 g/mol. The van der Waals surface area contributed by atoms with Crippen LogP contribution in [0.15, 0.2) is 28.8 Å². The first-order chi connectivity index (χ1) is 17.7. The fourth-order valence-electron chi connectivity index (χ4n) is 4.84. The van der Waals surface area contributed by atoms with Crippen molar-refractivity contribution in [3.05, 3.63) is 41.3 Å². The van der Waals surface area contributed by atoms with Crippen molar-refractivity contribution in [3.8, 4) is 28.4 Å². The molecule has 1 aromatic carbocycles. The van der Waals surface area contributed by atoms with Crippen molar-refractivity contribution < 1.29 is 19.2 Å². The van der Waals surface area contributed by atoms with Gasteiger partial charge in [-0.25, -0.2) is 9.97 Å². The molecule has 3 heterocycles. The average molecular weight is 509 g/mol. The summed E-state index contributed by atoms with van der Waals surface area (Å²) >= 11 is 0. The zero-order chi connectivity index (χ0) is 26.7. The number of piperazine rings is 1. The van der Waals surface area contributed by atoms with Crippen LogP contribution in [-0.4, -0.2) is 83.0 Å². The van der Waals surface area contributed by atoms with Gasteiger partial charge in [0, 0.05) is 50.3 Å². The molecule has 1 aliphatic rings. The van der Waals surface area contributed by atoms with Crippen molar-refractivity contribution in [2.24, 2.45) is 0 Å². The van der Waals surface area contributed by atoms with Gasteiger partial charge >= 0.3 is 0 Å². The Morgan fingerprint density at radius 1 is 1.27 bits per heavy atom. The van der Waals surface area contributed by atoms with Crippen LogP contribution in [0.5, 0.6) is 5.75 Å². The zero-order valence-corrected chi connectivity index (χ0v) is 22.4. The van der Waals surface area contributed by atoms with Gasteiger partial charge in [0.05, 0.1) is 17.0 Å². The van der Waals surface area contributed by atoms with Crippen molar-refractivity contribution in [2.75, 3.05) is 44.7 Å².